The monoisotopic (exact) mass is 352 g/mol. The minimum absolute atomic E-state index is 0.101. The van der Waals surface area contributed by atoms with Crippen LogP contribution >= 0.6 is 0 Å². The van der Waals surface area contributed by atoms with E-state index in [9.17, 15) is 4.79 Å². The maximum Gasteiger partial charge on any atom is 0.255 e. The summed E-state index contributed by atoms with van der Waals surface area (Å²) < 4.78 is 11.2. The molecule has 2 aromatic carbocycles. The van der Waals surface area contributed by atoms with Crippen molar-refractivity contribution in [3.8, 4) is 5.75 Å². The van der Waals surface area contributed by atoms with Gasteiger partial charge in [-0.1, -0.05) is 36.3 Å². The Hall–Kier alpha value is -2.82. The van der Waals surface area contributed by atoms with Crippen molar-refractivity contribution in [3.05, 3.63) is 59.0 Å². The first-order valence-electron chi connectivity index (χ1n) is 8.87. The number of fused-ring (bicyclic) bond motifs is 1. The van der Waals surface area contributed by atoms with E-state index in [0.29, 0.717) is 17.9 Å². The molecule has 1 N–H and O–H groups in total. The Morgan fingerprint density at radius 2 is 1.92 bits per heavy atom. The lowest BCUT2D eigenvalue weighted by Crippen LogP contribution is -2.32. The van der Waals surface area contributed by atoms with Gasteiger partial charge in [0.15, 0.2) is 0 Å². The van der Waals surface area contributed by atoms with Crippen LogP contribution in [0.3, 0.4) is 0 Å². The van der Waals surface area contributed by atoms with Crippen molar-refractivity contribution < 1.29 is 14.1 Å². The third-order valence-corrected chi connectivity index (χ3v) is 4.64. The molecular weight excluding hydrogens is 328 g/mol. The van der Waals surface area contributed by atoms with Gasteiger partial charge in [0.05, 0.1) is 16.8 Å². The number of nitrogens with one attached hydrogen (secondary N) is 1. The van der Waals surface area contributed by atoms with E-state index in [2.05, 4.69) is 10.5 Å². The summed E-state index contributed by atoms with van der Waals surface area (Å²) in [6.45, 7) is 8.08. The minimum atomic E-state index is -0.126. The average molecular weight is 352 g/mol. The van der Waals surface area contributed by atoms with Gasteiger partial charge >= 0.3 is 0 Å². The molecule has 1 heterocycles. The van der Waals surface area contributed by atoms with E-state index < -0.39 is 0 Å². The first-order valence-corrected chi connectivity index (χ1v) is 8.87. The van der Waals surface area contributed by atoms with Crippen molar-refractivity contribution in [3.63, 3.8) is 0 Å². The summed E-state index contributed by atoms with van der Waals surface area (Å²) >= 11 is 0. The molecule has 0 aliphatic carbocycles. The highest BCUT2D eigenvalue weighted by molar-refractivity contribution is 6.01. The maximum atomic E-state index is 12.8. The van der Waals surface area contributed by atoms with Crippen LogP contribution in [-0.4, -0.2) is 17.1 Å². The van der Waals surface area contributed by atoms with Crippen molar-refractivity contribution in [2.75, 3.05) is 0 Å². The molecule has 0 spiro atoms. The molecule has 0 aliphatic rings. The SMILES string of the molecule is CCC(C)NC(=O)c1cc2ccccc2cc1OCc1c(C)noc1C. The number of carbonyl (C=O) groups excluding carboxylic acids is 1. The zero-order valence-electron chi connectivity index (χ0n) is 15.6. The molecule has 3 aromatic rings. The van der Waals surface area contributed by atoms with E-state index in [1.165, 1.54) is 0 Å². The van der Waals surface area contributed by atoms with Gasteiger partial charge in [-0.05, 0) is 50.1 Å². The zero-order chi connectivity index (χ0) is 18.7. The number of amides is 1. The van der Waals surface area contributed by atoms with Crippen molar-refractivity contribution in [2.24, 2.45) is 0 Å². The second-order valence-corrected chi connectivity index (χ2v) is 6.57. The summed E-state index contributed by atoms with van der Waals surface area (Å²) in [4.78, 5) is 12.8. The van der Waals surface area contributed by atoms with Crippen LogP contribution < -0.4 is 10.1 Å². The summed E-state index contributed by atoms with van der Waals surface area (Å²) in [6, 6.07) is 11.8. The van der Waals surface area contributed by atoms with E-state index in [4.69, 9.17) is 9.26 Å². The second-order valence-electron chi connectivity index (χ2n) is 6.57. The molecule has 1 amide bonds. The van der Waals surface area contributed by atoms with Crippen LogP contribution in [0.15, 0.2) is 40.9 Å². The molecule has 136 valence electrons. The predicted molar refractivity (Wildman–Crippen MR) is 101 cm³/mol. The Morgan fingerprint density at radius 3 is 2.54 bits per heavy atom. The lowest BCUT2D eigenvalue weighted by molar-refractivity contribution is 0.0935. The number of ether oxygens (including phenoxy) is 1. The number of nitrogens with zero attached hydrogens (tertiary/aromatic N) is 1. The van der Waals surface area contributed by atoms with E-state index in [1.807, 2.05) is 64.1 Å². The van der Waals surface area contributed by atoms with Crippen LogP contribution in [-0.2, 0) is 6.61 Å². The summed E-state index contributed by atoms with van der Waals surface area (Å²) in [5, 5.41) is 9.00. The third kappa shape index (κ3) is 3.72. The molecule has 3 rings (SSSR count). The highest BCUT2D eigenvalue weighted by Crippen LogP contribution is 2.28. The maximum absolute atomic E-state index is 12.8. The molecule has 1 atom stereocenters. The number of aryl methyl sites for hydroxylation is 2. The Bertz CT molecular complexity index is 911. The molecule has 1 unspecified atom stereocenters. The Balaban J connectivity index is 1.95. The van der Waals surface area contributed by atoms with Gasteiger partial charge in [-0.15, -0.1) is 0 Å². The number of rotatable bonds is 6. The van der Waals surface area contributed by atoms with Crippen LogP contribution in [0.2, 0.25) is 0 Å². The van der Waals surface area contributed by atoms with Crippen molar-refractivity contribution in [1.82, 2.24) is 10.5 Å². The molecule has 0 fully saturated rings. The number of hydrogen-bond acceptors (Lipinski definition) is 4. The number of benzene rings is 2. The topological polar surface area (TPSA) is 64.4 Å². The fraction of sp³-hybridized carbons (Fsp3) is 0.333. The van der Waals surface area contributed by atoms with Gasteiger partial charge in [0, 0.05) is 6.04 Å². The first kappa shape index (κ1) is 18.0. The molecular formula is C21H24N2O3. The average Bonchev–Trinajstić information content (AvgIpc) is 2.96. The zero-order valence-corrected chi connectivity index (χ0v) is 15.6. The predicted octanol–water partition coefficient (Wildman–Crippen LogP) is 4.55. The normalized spacial score (nSPS) is 12.2. The van der Waals surface area contributed by atoms with Gasteiger partial charge in [-0.2, -0.15) is 0 Å². The molecule has 0 saturated heterocycles. The van der Waals surface area contributed by atoms with E-state index in [1.54, 1.807) is 0 Å². The van der Waals surface area contributed by atoms with Crippen LogP contribution in [0.4, 0.5) is 0 Å². The fourth-order valence-corrected chi connectivity index (χ4v) is 2.78. The minimum Gasteiger partial charge on any atom is -0.488 e. The molecule has 0 radical (unpaired) electrons. The Morgan fingerprint density at radius 1 is 1.23 bits per heavy atom. The number of aromatic nitrogens is 1. The smallest absolute Gasteiger partial charge is 0.255 e. The highest BCUT2D eigenvalue weighted by atomic mass is 16.5. The lowest BCUT2D eigenvalue weighted by atomic mass is 10.0. The molecule has 0 saturated carbocycles. The lowest BCUT2D eigenvalue weighted by Gasteiger charge is -2.16. The molecule has 0 bridgehead atoms. The van der Waals surface area contributed by atoms with Crippen molar-refractivity contribution in [2.45, 2.75) is 46.8 Å². The second kappa shape index (κ2) is 7.60. The summed E-state index contributed by atoms with van der Waals surface area (Å²) in [7, 11) is 0. The highest BCUT2D eigenvalue weighted by Gasteiger charge is 2.17. The van der Waals surface area contributed by atoms with E-state index in [0.717, 1.165) is 34.2 Å². The third-order valence-electron chi connectivity index (χ3n) is 4.64. The molecule has 5 heteroatoms. The van der Waals surface area contributed by atoms with Crippen molar-refractivity contribution >= 4 is 16.7 Å². The van der Waals surface area contributed by atoms with Crippen LogP contribution in [0.5, 0.6) is 5.75 Å². The Kier molecular flexibility index (Phi) is 5.26. The summed E-state index contributed by atoms with van der Waals surface area (Å²) in [6.07, 6.45) is 0.870. The fourth-order valence-electron chi connectivity index (χ4n) is 2.78. The summed E-state index contributed by atoms with van der Waals surface area (Å²) in [5.74, 6) is 1.16. The van der Waals surface area contributed by atoms with E-state index >= 15 is 0 Å². The number of carbonyl (C=O) groups is 1. The van der Waals surface area contributed by atoms with Crippen LogP contribution in [0, 0.1) is 13.8 Å². The van der Waals surface area contributed by atoms with Crippen LogP contribution in [0.1, 0.15) is 47.6 Å². The molecule has 1 aromatic heterocycles. The van der Waals surface area contributed by atoms with Crippen molar-refractivity contribution in [1.29, 1.82) is 0 Å². The number of hydrogen-bond donors (Lipinski definition) is 1. The van der Waals surface area contributed by atoms with Gasteiger partial charge in [-0.25, -0.2) is 0 Å². The van der Waals surface area contributed by atoms with Gasteiger partial charge < -0.3 is 14.6 Å². The van der Waals surface area contributed by atoms with Gasteiger partial charge in [0.25, 0.3) is 5.91 Å². The standard InChI is InChI=1S/C21H24N2O3/c1-5-13(2)22-21(24)18-10-16-8-6-7-9-17(16)11-20(18)25-12-19-14(3)23-26-15(19)4/h6-11,13H,5,12H2,1-4H3,(H,22,24). The van der Waals surface area contributed by atoms with Gasteiger partial charge in [0.2, 0.25) is 0 Å². The van der Waals surface area contributed by atoms with Crippen LogP contribution in [0.25, 0.3) is 10.8 Å². The molecule has 26 heavy (non-hydrogen) atoms. The van der Waals surface area contributed by atoms with E-state index in [-0.39, 0.29) is 11.9 Å². The van der Waals surface area contributed by atoms with Gasteiger partial charge in [0.1, 0.15) is 18.1 Å². The molecule has 0 aliphatic heterocycles. The largest absolute Gasteiger partial charge is 0.488 e. The molecule has 5 nitrogen and oxygen atoms in total. The van der Waals surface area contributed by atoms with Gasteiger partial charge in [-0.3, -0.25) is 4.79 Å². The quantitative estimate of drug-likeness (QED) is 0.707. The Labute approximate surface area is 153 Å². The summed E-state index contributed by atoms with van der Waals surface area (Å²) in [5.41, 5.74) is 2.25. The first-order chi connectivity index (χ1) is 12.5.